The summed E-state index contributed by atoms with van der Waals surface area (Å²) in [4.78, 5) is 117. The van der Waals surface area contributed by atoms with Crippen molar-refractivity contribution in [1.82, 2.24) is 46.2 Å². The number of nitrogens with two attached hydrogens (primary N) is 2. The number of urea groups is 1. The molecular weight excluding hydrogens is 1020 g/mol. The third-order valence-electron chi connectivity index (χ3n) is 13.0. The highest BCUT2D eigenvalue weighted by Crippen LogP contribution is 2.40. The maximum atomic E-state index is 15.1. The van der Waals surface area contributed by atoms with Crippen molar-refractivity contribution in [2.75, 3.05) is 32.8 Å². The lowest BCUT2D eigenvalue weighted by Crippen LogP contribution is -2.57. The Kier molecular flexibility index (Phi) is 24.5. The third kappa shape index (κ3) is 19.4. The van der Waals surface area contributed by atoms with E-state index in [2.05, 4.69) is 26.6 Å². The van der Waals surface area contributed by atoms with Crippen LogP contribution < -0.4 is 38.1 Å². The second-order valence-electron chi connectivity index (χ2n) is 20.6. The summed E-state index contributed by atoms with van der Waals surface area (Å²) in [5.74, 6) is -7.27. The van der Waals surface area contributed by atoms with E-state index in [-0.39, 0.29) is 76.8 Å². The first-order valence-corrected chi connectivity index (χ1v) is 26.1. The van der Waals surface area contributed by atoms with Crippen molar-refractivity contribution in [3.05, 3.63) is 95.3 Å². The minimum Gasteiger partial charge on any atom is -0.480 e. The Morgan fingerprint density at radius 2 is 1.44 bits per heavy atom. The number of nitrogens with zero attached hydrogens (tertiary/aromatic N) is 4. The number of aromatic nitrogens is 2. The Balaban J connectivity index is 1.35. The Morgan fingerprint density at radius 1 is 0.782 bits per heavy atom. The van der Waals surface area contributed by atoms with Crippen LogP contribution in [0.2, 0.25) is 0 Å². The van der Waals surface area contributed by atoms with Gasteiger partial charge in [-0.1, -0.05) is 71.4 Å². The zero-order valence-corrected chi connectivity index (χ0v) is 44.9. The number of carbonyl (C=O) groups is 9. The molecule has 0 fully saturated rings. The van der Waals surface area contributed by atoms with Crippen molar-refractivity contribution in [1.29, 1.82) is 0 Å². The third-order valence-corrected chi connectivity index (χ3v) is 13.0. The van der Waals surface area contributed by atoms with E-state index in [1.54, 1.807) is 20.0 Å². The van der Waals surface area contributed by atoms with Gasteiger partial charge in [-0.15, -0.1) is 0 Å². The summed E-state index contributed by atoms with van der Waals surface area (Å²) < 4.78 is 30.8. The number of aliphatic carboxylic acids is 1. The predicted molar refractivity (Wildman–Crippen MR) is 283 cm³/mol. The Bertz CT molecular complexity index is 2590. The van der Waals surface area contributed by atoms with E-state index < -0.39 is 113 Å². The lowest BCUT2D eigenvalue weighted by atomic mass is 9.81. The highest BCUT2D eigenvalue weighted by Gasteiger charge is 2.39. The number of primary amides is 1. The lowest BCUT2D eigenvalue weighted by molar-refractivity contribution is -0.142. The Hall–Kier alpha value is -7.60. The van der Waals surface area contributed by atoms with Gasteiger partial charge in [-0.3, -0.25) is 38.5 Å². The van der Waals surface area contributed by atoms with Crippen LogP contribution in [-0.2, 0) is 44.8 Å². The van der Waals surface area contributed by atoms with Crippen LogP contribution in [-0.4, -0.2) is 140 Å². The van der Waals surface area contributed by atoms with Crippen LogP contribution in [0.4, 0.5) is 13.6 Å². The van der Waals surface area contributed by atoms with E-state index in [0.29, 0.717) is 36.9 Å². The summed E-state index contributed by atoms with van der Waals surface area (Å²) in [7, 11) is 0. The van der Waals surface area contributed by atoms with Gasteiger partial charge in [0.1, 0.15) is 42.1 Å². The van der Waals surface area contributed by atoms with Crippen molar-refractivity contribution >= 4 is 53.4 Å². The molecule has 0 saturated carbocycles. The number of hydrogen-bond donors (Lipinski definition) is 9. The van der Waals surface area contributed by atoms with E-state index in [9.17, 15) is 57.8 Å². The number of carboxylic acid groups (broad SMARTS) is 1. The fraction of sp³-hybridized carbons (Fsp3) is 0.519. The quantitative estimate of drug-likeness (QED) is 0.0321. The normalized spacial score (nSPS) is 14.3. The summed E-state index contributed by atoms with van der Waals surface area (Å²) in [6, 6.07) is 5.68. The van der Waals surface area contributed by atoms with Gasteiger partial charge in [-0.2, -0.15) is 5.10 Å². The number of carboxylic acids is 1. The van der Waals surface area contributed by atoms with Crippen molar-refractivity contribution in [3.63, 3.8) is 0 Å². The maximum Gasteiger partial charge on any atom is 0.326 e. The minimum atomic E-state index is -1.42. The number of carbonyl (C=O) groups excluding carboxylic acids is 8. The molecule has 78 heavy (non-hydrogen) atoms. The van der Waals surface area contributed by atoms with E-state index in [1.165, 1.54) is 21.7 Å². The summed E-state index contributed by atoms with van der Waals surface area (Å²) in [5, 5.41) is 37.9. The number of rotatable bonds is 32. The second kappa shape index (κ2) is 30.4. The van der Waals surface area contributed by atoms with E-state index in [0.717, 1.165) is 28.7 Å². The lowest BCUT2D eigenvalue weighted by Gasteiger charge is -2.40. The molecular formula is C54H75F2N11O11. The molecule has 1 aliphatic heterocycles. The number of benzene rings is 2. The molecule has 9 amide bonds. The van der Waals surface area contributed by atoms with Crippen LogP contribution in [0.5, 0.6) is 0 Å². The van der Waals surface area contributed by atoms with Gasteiger partial charge in [0.2, 0.25) is 29.5 Å². The van der Waals surface area contributed by atoms with Crippen LogP contribution in [0.3, 0.4) is 0 Å². The number of unbranched alkanes of at least 4 members (excludes halogenated alkanes) is 3. The minimum absolute atomic E-state index is 0.0366. The first-order valence-electron chi connectivity index (χ1n) is 26.1. The van der Waals surface area contributed by atoms with Gasteiger partial charge in [-0.05, 0) is 80.4 Å². The molecule has 2 heterocycles. The molecule has 0 spiro atoms. The standard InChI is InChI=1S/C54H75F2N11O11/c1-33(2)46(63-42(69)19-10-7-13-27-65-43(70)22-23-44(65)71)51(75)61-39(18-14-26-60-53(58)78)50(74)62-40(52(76)77)17-11-12-25-59-49(73)38(57)24-28-66(45(72)32-68)48(54(3,4)5)47-35(29-34-15-8-6-9-16-34)31-67(64-47)41-30-36(55)20-21-37(41)56/h6,8-9,15-16,20-23,30-31,33,38-40,46,48,68H,7,10-14,17-19,24-29,32,57H2,1-5H3,(H,59,73)(H,61,75)(H,62,74)(H,63,69)(H,76,77)(H3,58,60,78)/t38?,39?,40?,46-,48?/m0/s1. The molecule has 4 unspecified atom stereocenters. The summed E-state index contributed by atoms with van der Waals surface area (Å²) in [6.07, 6.45) is 6.11. The maximum absolute atomic E-state index is 15.1. The van der Waals surface area contributed by atoms with Crippen LogP contribution in [0.25, 0.3) is 5.69 Å². The van der Waals surface area contributed by atoms with Crippen LogP contribution >= 0.6 is 0 Å². The summed E-state index contributed by atoms with van der Waals surface area (Å²) in [6.45, 7) is 8.23. The molecule has 1 aromatic heterocycles. The molecule has 3 aromatic rings. The van der Waals surface area contributed by atoms with Gasteiger partial charge >= 0.3 is 12.0 Å². The average molecular weight is 1090 g/mol. The van der Waals surface area contributed by atoms with E-state index in [1.807, 2.05) is 51.1 Å². The number of imide groups is 1. The number of aliphatic hydroxyl groups is 1. The molecule has 0 bridgehead atoms. The summed E-state index contributed by atoms with van der Waals surface area (Å²) in [5.41, 5.74) is 12.4. The molecule has 0 aliphatic carbocycles. The smallest absolute Gasteiger partial charge is 0.326 e. The first kappa shape index (κ1) is 62.9. The number of halogens is 2. The molecule has 2 aromatic carbocycles. The van der Waals surface area contributed by atoms with Crippen molar-refractivity contribution in [3.8, 4) is 5.69 Å². The molecule has 4 rings (SSSR count). The van der Waals surface area contributed by atoms with Crippen LogP contribution in [0, 0.1) is 23.0 Å². The van der Waals surface area contributed by atoms with Gasteiger partial charge < -0.3 is 53.2 Å². The first-order chi connectivity index (χ1) is 36.9. The van der Waals surface area contributed by atoms with Gasteiger partial charge in [0.05, 0.1) is 17.8 Å². The highest BCUT2D eigenvalue weighted by atomic mass is 19.1. The van der Waals surface area contributed by atoms with Crippen molar-refractivity contribution < 1.29 is 62.1 Å². The SMILES string of the molecule is CC(C)[C@H](NC(=O)CCCCCN1C(=O)C=CC1=O)C(=O)NC(CCCNC(N)=O)C(=O)NC(CCCCNC(=O)C(N)CCN(C(=O)CO)C(c1nn(-c2cc(F)ccc2F)cc1Cc1ccccc1)C(C)(C)C)C(=O)O. The van der Waals surface area contributed by atoms with Crippen LogP contribution in [0.1, 0.15) is 122 Å². The van der Waals surface area contributed by atoms with Gasteiger partial charge in [0.15, 0.2) is 0 Å². The van der Waals surface area contributed by atoms with E-state index in [4.69, 9.17) is 16.6 Å². The highest BCUT2D eigenvalue weighted by molar-refractivity contribution is 6.12. The molecule has 0 saturated heterocycles. The monoisotopic (exact) mass is 1090 g/mol. The fourth-order valence-corrected chi connectivity index (χ4v) is 8.87. The molecule has 426 valence electrons. The number of nitrogens with one attached hydrogen (secondary N) is 5. The largest absolute Gasteiger partial charge is 0.480 e. The molecule has 11 N–H and O–H groups in total. The number of amides is 9. The second-order valence-corrected chi connectivity index (χ2v) is 20.6. The Morgan fingerprint density at radius 3 is 2.06 bits per heavy atom. The zero-order valence-electron chi connectivity index (χ0n) is 44.9. The topological polar surface area (TPSA) is 331 Å². The summed E-state index contributed by atoms with van der Waals surface area (Å²) >= 11 is 0. The number of aliphatic hydroxyl groups excluding tert-OH is 1. The van der Waals surface area contributed by atoms with E-state index >= 15 is 4.39 Å². The molecule has 5 atom stereocenters. The van der Waals surface area contributed by atoms with Gasteiger partial charge in [-0.25, -0.2) is 23.1 Å². The molecule has 24 heteroatoms. The molecule has 1 aliphatic rings. The molecule has 22 nitrogen and oxygen atoms in total. The number of hydrogen-bond acceptors (Lipinski definition) is 12. The van der Waals surface area contributed by atoms with Crippen molar-refractivity contribution in [2.24, 2.45) is 22.8 Å². The Labute approximate surface area is 452 Å². The predicted octanol–water partition coefficient (Wildman–Crippen LogP) is 2.78. The van der Waals surface area contributed by atoms with Gasteiger partial charge in [0, 0.05) is 69.0 Å². The fourth-order valence-electron chi connectivity index (χ4n) is 8.87. The molecule has 0 radical (unpaired) electrons. The average Bonchev–Trinajstić information content (AvgIpc) is 3.95. The van der Waals surface area contributed by atoms with Gasteiger partial charge in [0.25, 0.3) is 11.8 Å². The van der Waals surface area contributed by atoms with Crippen LogP contribution in [0.15, 0.2) is 66.9 Å². The zero-order chi connectivity index (χ0) is 57.7. The van der Waals surface area contributed by atoms with Crippen molar-refractivity contribution in [2.45, 2.75) is 135 Å².